The third-order valence-electron chi connectivity index (χ3n) is 3.65. The molecule has 2 aromatic carbocycles. The van der Waals surface area contributed by atoms with E-state index in [0.29, 0.717) is 10.1 Å². The first-order valence-corrected chi connectivity index (χ1v) is 8.73. The lowest BCUT2D eigenvalue weighted by atomic mass is 9.92. The van der Waals surface area contributed by atoms with E-state index in [2.05, 4.69) is 23.6 Å². The van der Waals surface area contributed by atoms with Crippen molar-refractivity contribution in [3.8, 4) is 6.07 Å². The van der Waals surface area contributed by atoms with Gasteiger partial charge in [-0.25, -0.2) is 0 Å². The number of rotatable bonds is 6. The van der Waals surface area contributed by atoms with Gasteiger partial charge in [-0.2, -0.15) is 5.26 Å². The summed E-state index contributed by atoms with van der Waals surface area (Å²) in [5, 5.41) is 16.9. The van der Waals surface area contributed by atoms with Crippen molar-refractivity contribution in [1.82, 2.24) is 5.32 Å². The van der Waals surface area contributed by atoms with Gasteiger partial charge >= 0.3 is 0 Å². The molecule has 5 heteroatoms. The number of nitrogens with one attached hydrogen (secondary N) is 2. The lowest BCUT2D eigenvalue weighted by Gasteiger charge is -2.14. The Morgan fingerprint density at radius 3 is 2.62 bits per heavy atom. The molecule has 0 saturated heterocycles. The normalized spacial score (nSPS) is 11.4. The van der Waals surface area contributed by atoms with Crippen molar-refractivity contribution < 1.29 is 0 Å². The summed E-state index contributed by atoms with van der Waals surface area (Å²) in [6, 6.07) is 17.5. The van der Waals surface area contributed by atoms with Crippen LogP contribution in [0.15, 0.2) is 48.5 Å². The Bertz CT molecular complexity index is 725. The van der Waals surface area contributed by atoms with E-state index < -0.39 is 0 Å². The fraction of sp³-hybridized carbons (Fsp3) is 0.263. The van der Waals surface area contributed by atoms with Crippen LogP contribution >= 0.6 is 23.8 Å². The Kier molecular flexibility index (Phi) is 7.05. The molecule has 0 radical (unpaired) electrons. The summed E-state index contributed by atoms with van der Waals surface area (Å²) in [6.07, 6.45) is 2.19. The summed E-state index contributed by atoms with van der Waals surface area (Å²) in [4.78, 5) is 0. The van der Waals surface area contributed by atoms with Gasteiger partial charge in [-0.05, 0) is 41.9 Å². The molecule has 0 spiro atoms. The second kappa shape index (κ2) is 9.27. The Labute approximate surface area is 153 Å². The largest absolute Gasteiger partial charge is 0.362 e. The first-order chi connectivity index (χ1) is 11.7. The zero-order chi connectivity index (χ0) is 17.4. The molecule has 3 nitrogen and oxygen atoms in total. The molecule has 2 N–H and O–H groups in total. The van der Waals surface area contributed by atoms with Crippen LogP contribution in [0, 0.1) is 11.3 Å². The van der Waals surface area contributed by atoms with E-state index in [1.165, 1.54) is 0 Å². The van der Waals surface area contributed by atoms with E-state index in [9.17, 15) is 5.26 Å². The number of benzene rings is 2. The number of halogens is 1. The lowest BCUT2D eigenvalue weighted by molar-refractivity contribution is 0.758. The zero-order valence-corrected chi connectivity index (χ0v) is 15.1. The van der Waals surface area contributed by atoms with E-state index in [4.69, 9.17) is 23.8 Å². The molecule has 0 aliphatic rings. The first-order valence-electron chi connectivity index (χ1n) is 7.94. The third kappa shape index (κ3) is 4.95. The standard InChI is InChI=1S/C19H20ClN3S/c1-2-3-11-22-19(24)23-15-9-10-16(18(20)12-15)17(13-21)14-7-5-4-6-8-14/h4-10,12,17H,2-3,11H2,1H3,(H2,22,23,24)/t17-/m0/s1. The van der Waals surface area contributed by atoms with Crippen molar-refractivity contribution in [2.45, 2.75) is 25.7 Å². The molecule has 0 bridgehead atoms. The molecule has 124 valence electrons. The van der Waals surface area contributed by atoms with Crippen LogP contribution in [0.3, 0.4) is 0 Å². The van der Waals surface area contributed by atoms with Crippen LogP contribution in [-0.4, -0.2) is 11.7 Å². The van der Waals surface area contributed by atoms with Gasteiger partial charge in [0.05, 0.1) is 12.0 Å². The summed E-state index contributed by atoms with van der Waals surface area (Å²) < 4.78 is 0. The predicted octanol–water partition coefficient (Wildman–Crippen LogP) is 5.08. The van der Waals surface area contributed by atoms with Gasteiger partial charge < -0.3 is 10.6 Å². The average Bonchev–Trinajstić information content (AvgIpc) is 2.58. The van der Waals surface area contributed by atoms with Gasteiger partial charge in [-0.15, -0.1) is 0 Å². The monoisotopic (exact) mass is 357 g/mol. The third-order valence-corrected chi connectivity index (χ3v) is 4.22. The number of hydrogen-bond donors (Lipinski definition) is 2. The molecule has 0 aliphatic carbocycles. The fourth-order valence-corrected chi connectivity index (χ4v) is 2.87. The van der Waals surface area contributed by atoms with Crippen molar-refractivity contribution in [2.75, 3.05) is 11.9 Å². The number of hydrogen-bond acceptors (Lipinski definition) is 2. The number of unbranched alkanes of at least 4 members (excludes halogenated alkanes) is 1. The van der Waals surface area contributed by atoms with Crippen LogP contribution in [0.1, 0.15) is 36.8 Å². The molecule has 0 aliphatic heterocycles. The first kappa shape index (κ1) is 18.3. The van der Waals surface area contributed by atoms with E-state index in [1.54, 1.807) is 6.07 Å². The van der Waals surface area contributed by atoms with Crippen LogP contribution in [-0.2, 0) is 0 Å². The van der Waals surface area contributed by atoms with Crippen LogP contribution in [0.25, 0.3) is 0 Å². The highest BCUT2D eigenvalue weighted by Crippen LogP contribution is 2.31. The molecule has 0 heterocycles. The van der Waals surface area contributed by atoms with Crippen molar-refractivity contribution in [1.29, 1.82) is 5.26 Å². The predicted molar refractivity (Wildman–Crippen MR) is 104 cm³/mol. The summed E-state index contributed by atoms with van der Waals surface area (Å²) >= 11 is 11.7. The molecule has 0 amide bonds. The van der Waals surface area contributed by atoms with Crippen LogP contribution < -0.4 is 10.6 Å². The van der Waals surface area contributed by atoms with Crippen molar-refractivity contribution in [3.63, 3.8) is 0 Å². The highest BCUT2D eigenvalue weighted by Gasteiger charge is 2.16. The van der Waals surface area contributed by atoms with Gasteiger partial charge in [0.2, 0.25) is 0 Å². The average molecular weight is 358 g/mol. The fourth-order valence-electron chi connectivity index (χ4n) is 2.36. The lowest BCUT2D eigenvalue weighted by Crippen LogP contribution is -2.29. The zero-order valence-electron chi connectivity index (χ0n) is 13.6. The maximum absolute atomic E-state index is 9.54. The van der Waals surface area contributed by atoms with Crippen LogP contribution in [0.2, 0.25) is 5.02 Å². The number of anilines is 1. The smallest absolute Gasteiger partial charge is 0.170 e. The minimum absolute atomic E-state index is 0.387. The van der Waals surface area contributed by atoms with Crippen molar-refractivity contribution >= 4 is 34.6 Å². The summed E-state index contributed by atoms with van der Waals surface area (Å²) in [6.45, 7) is 2.98. The van der Waals surface area contributed by atoms with Gasteiger partial charge in [-0.3, -0.25) is 0 Å². The summed E-state index contributed by atoms with van der Waals surface area (Å²) in [7, 11) is 0. The van der Waals surface area contributed by atoms with E-state index >= 15 is 0 Å². The summed E-state index contributed by atoms with van der Waals surface area (Å²) in [5.41, 5.74) is 2.53. The van der Waals surface area contributed by atoms with Crippen LogP contribution in [0.4, 0.5) is 5.69 Å². The second-order valence-corrected chi connectivity index (χ2v) is 6.26. The molecule has 0 aromatic heterocycles. The Morgan fingerprint density at radius 1 is 1.25 bits per heavy atom. The molecule has 24 heavy (non-hydrogen) atoms. The van der Waals surface area contributed by atoms with Gasteiger partial charge in [0.1, 0.15) is 0 Å². The maximum Gasteiger partial charge on any atom is 0.170 e. The molecule has 0 fully saturated rings. The molecule has 2 rings (SSSR count). The molecular formula is C19H20ClN3S. The Morgan fingerprint density at radius 2 is 2.00 bits per heavy atom. The van der Waals surface area contributed by atoms with Gasteiger partial charge in [0.15, 0.2) is 5.11 Å². The van der Waals surface area contributed by atoms with Gasteiger partial charge in [-0.1, -0.05) is 61.3 Å². The molecule has 0 saturated carbocycles. The molecular weight excluding hydrogens is 338 g/mol. The maximum atomic E-state index is 9.54. The number of thiocarbonyl (C=S) groups is 1. The van der Waals surface area contributed by atoms with Crippen molar-refractivity contribution in [3.05, 3.63) is 64.7 Å². The van der Waals surface area contributed by atoms with Crippen molar-refractivity contribution in [2.24, 2.45) is 0 Å². The van der Waals surface area contributed by atoms with Gasteiger partial charge in [0.25, 0.3) is 0 Å². The van der Waals surface area contributed by atoms with Crippen LogP contribution in [0.5, 0.6) is 0 Å². The number of nitrogens with zero attached hydrogens (tertiary/aromatic N) is 1. The SMILES string of the molecule is CCCCNC(=S)Nc1ccc([C@@H](C#N)c2ccccc2)c(Cl)c1. The number of nitriles is 1. The quantitative estimate of drug-likeness (QED) is 0.559. The highest BCUT2D eigenvalue weighted by atomic mass is 35.5. The second-order valence-electron chi connectivity index (χ2n) is 5.44. The highest BCUT2D eigenvalue weighted by molar-refractivity contribution is 7.80. The Balaban J connectivity index is 2.12. The van der Waals surface area contributed by atoms with E-state index in [0.717, 1.165) is 36.2 Å². The topological polar surface area (TPSA) is 47.8 Å². The van der Waals surface area contributed by atoms with E-state index in [1.807, 2.05) is 42.5 Å². The minimum atomic E-state index is -0.387. The van der Waals surface area contributed by atoms with E-state index in [-0.39, 0.29) is 5.92 Å². The molecule has 0 unspecified atom stereocenters. The Hall–Kier alpha value is -2.09. The minimum Gasteiger partial charge on any atom is -0.362 e. The molecule has 2 aromatic rings. The molecule has 1 atom stereocenters. The summed E-state index contributed by atoms with van der Waals surface area (Å²) in [5.74, 6) is -0.387. The van der Waals surface area contributed by atoms with Gasteiger partial charge in [0, 0.05) is 17.3 Å².